The Bertz CT molecular complexity index is 1130. The number of nitrogens with one attached hydrogen (secondary N) is 2. The largest absolute Gasteiger partial charge is 0.495 e. The molecule has 0 bridgehead atoms. The molecule has 1 saturated heterocycles. The zero-order chi connectivity index (χ0) is 24.1. The van der Waals surface area contributed by atoms with E-state index in [1.807, 2.05) is 30.3 Å². The third kappa shape index (κ3) is 5.75. The van der Waals surface area contributed by atoms with Gasteiger partial charge in [-0.15, -0.1) is 0 Å². The minimum Gasteiger partial charge on any atom is -0.495 e. The van der Waals surface area contributed by atoms with Gasteiger partial charge in [-0.2, -0.15) is 4.31 Å². The molecule has 2 N–H and O–H groups in total. The minimum absolute atomic E-state index is 0.0911. The molecule has 10 heteroatoms. The lowest BCUT2D eigenvalue weighted by Crippen LogP contribution is -2.48. The summed E-state index contributed by atoms with van der Waals surface area (Å²) in [7, 11) is -2.51. The highest BCUT2D eigenvalue weighted by molar-refractivity contribution is 7.89. The Kier molecular flexibility index (Phi) is 7.50. The Morgan fingerprint density at radius 2 is 1.82 bits per heavy atom. The number of carbonyl (C=O) groups is 2. The van der Waals surface area contributed by atoms with Crippen molar-refractivity contribution in [2.45, 2.75) is 36.2 Å². The highest BCUT2D eigenvalue weighted by atomic mass is 32.2. The standard InChI is InChI=1S/C24H29N3O6S/c1-32-21-10-7-18(16-22(21)34(30,31)27-11-13-33-14-12-27)23(28)26-20(24(29)25-19-8-9-19)15-17-5-3-2-4-6-17/h2-7,10,16,19-20H,8-9,11-15H2,1H3,(H,25,29)(H,26,28). The van der Waals surface area contributed by atoms with E-state index < -0.39 is 22.0 Å². The van der Waals surface area contributed by atoms with Crippen molar-refractivity contribution in [3.8, 4) is 5.75 Å². The Hall–Kier alpha value is -2.95. The van der Waals surface area contributed by atoms with E-state index in [4.69, 9.17) is 9.47 Å². The van der Waals surface area contributed by atoms with Crippen LogP contribution in [0, 0.1) is 0 Å². The first-order valence-electron chi connectivity index (χ1n) is 11.3. The van der Waals surface area contributed by atoms with Gasteiger partial charge in [0.2, 0.25) is 15.9 Å². The van der Waals surface area contributed by atoms with E-state index in [2.05, 4.69) is 10.6 Å². The van der Waals surface area contributed by atoms with Crippen molar-refractivity contribution in [1.82, 2.24) is 14.9 Å². The van der Waals surface area contributed by atoms with Crippen molar-refractivity contribution >= 4 is 21.8 Å². The van der Waals surface area contributed by atoms with Gasteiger partial charge in [-0.25, -0.2) is 8.42 Å². The van der Waals surface area contributed by atoms with Crippen LogP contribution in [0.2, 0.25) is 0 Å². The maximum Gasteiger partial charge on any atom is 0.251 e. The van der Waals surface area contributed by atoms with Crippen molar-refractivity contribution in [1.29, 1.82) is 0 Å². The normalized spacial score (nSPS) is 17.6. The summed E-state index contributed by atoms with van der Waals surface area (Å²) in [6.45, 7) is 1.06. The number of ether oxygens (including phenoxy) is 2. The van der Waals surface area contributed by atoms with Gasteiger partial charge in [0.05, 0.1) is 20.3 Å². The lowest BCUT2D eigenvalue weighted by molar-refractivity contribution is -0.123. The van der Waals surface area contributed by atoms with Crippen molar-refractivity contribution < 1.29 is 27.5 Å². The Balaban J connectivity index is 1.57. The quantitative estimate of drug-likeness (QED) is 0.552. The number of nitrogens with zero attached hydrogens (tertiary/aromatic N) is 1. The second-order valence-electron chi connectivity index (χ2n) is 8.38. The molecule has 0 radical (unpaired) electrons. The molecule has 9 nitrogen and oxygen atoms in total. The maximum absolute atomic E-state index is 13.2. The molecule has 1 atom stereocenters. The van der Waals surface area contributed by atoms with Crippen LogP contribution in [-0.4, -0.2) is 70.0 Å². The van der Waals surface area contributed by atoms with Gasteiger partial charge in [0.1, 0.15) is 16.7 Å². The highest BCUT2D eigenvalue weighted by Gasteiger charge is 2.32. The minimum atomic E-state index is -3.89. The molecule has 2 fully saturated rings. The van der Waals surface area contributed by atoms with Crippen LogP contribution in [0.4, 0.5) is 0 Å². The van der Waals surface area contributed by atoms with Crippen molar-refractivity contribution in [3.05, 3.63) is 59.7 Å². The lowest BCUT2D eigenvalue weighted by Gasteiger charge is -2.27. The predicted molar refractivity (Wildman–Crippen MR) is 125 cm³/mol. The SMILES string of the molecule is COc1ccc(C(=O)NC(Cc2ccccc2)C(=O)NC2CC2)cc1S(=O)(=O)N1CCOCC1. The maximum atomic E-state index is 13.2. The van der Waals surface area contributed by atoms with Crippen molar-refractivity contribution in [2.75, 3.05) is 33.4 Å². The van der Waals surface area contributed by atoms with Gasteiger partial charge in [0.25, 0.3) is 5.91 Å². The van der Waals surface area contributed by atoms with Crippen LogP contribution in [0.25, 0.3) is 0 Å². The number of methoxy groups -OCH3 is 1. The number of hydrogen-bond donors (Lipinski definition) is 2. The summed E-state index contributed by atoms with van der Waals surface area (Å²) in [6.07, 6.45) is 2.18. The van der Waals surface area contributed by atoms with Crippen LogP contribution in [-0.2, 0) is 26.0 Å². The number of amides is 2. The molecule has 1 saturated carbocycles. The molecular weight excluding hydrogens is 458 g/mol. The molecule has 0 spiro atoms. The molecule has 2 aromatic carbocycles. The van der Waals surface area contributed by atoms with Crippen LogP contribution in [0.1, 0.15) is 28.8 Å². The van der Waals surface area contributed by atoms with Crippen LogP contribution >= 0.6 is 0 Å². The smallest absolute Gasteiger partial charge is 0.251 e. The van der Waals surface area contributed by atoms with Crippen LogP contribution < -0.4 is 15.4 Å². The molecule has 1 aliphatic heterocycles. The summed E-state index contributed by atoms with van der Waals surface area (Å²) in [6, 6.07) is 13.0. The van der Waals surface area contributed by atoms with Gasteiger partial charge in [-0.05, 0) is 36.6 Å². The van der Waals surface area contributed by atoms with E-state index in [0.717, 1.165) is 18.4 Å². The first-order chi connectivity index (χ1) is 16.4. The fourth-order valence-electron chi connectivity index (χ4n) is 3.78. The number of hydrogen-bond acceptors (Lipinski definition) is 6. The Labute approximate surface area is 199 Å². The fourth-order valence-corrected chi connectivity index (χ4v) is 5.37. The Morgan fingerprint density at radius 1 is 1.12 bits per heavy atom. The molecule has 0 aromatic heterocycles. The average Bonchev–Trinajstić information content (AvgIpc) is 3.68. The third-order valence-electron chi connectivity index (χ3n) is 5.84. The Morgan fingerprint density at radius 3 is 2.47 bits per heavy atom. The van der Waals surface area contributed by atoms with E-state index in [1.54, 1.807) is 0 Å². The third-order valence-corrected chi connectivity index (χ3v) is 7.76. The summed E-state index contributed by atoms with van der Waals surface area (Å²) in [5, 5.41) is 5.73. The summed E-state index contributed by atoms with van der Waals surface area (Å²) >= 11 is 0. The molecule has 1 unspecified atom stereocenters. The first kappa shape index (κ1) is 24.2. The number of benzene rings is 2. The second-order valence-corrected chi connectivity index (χ2v) is 10.3. The molecule has 2 aromatic rings. The molecule has 2 amide bonds. The van der Waals surface area contributed by atoms with E-state index in [9.17, 15) is 18.0 Å². The van der Waals surface area contributed by atoms with E-state index in [0.29, 0.717) is 19.6 Å². The molecule has 1 heterocycles. The summed E-state index contributed by atoms with van der Waals surface area (Å²) in [5.74, 6) is -0.641. The molecule has 4 rings (SSSR count). The van der Waals surface area contributed by atoms with Gasteiger partial charge in [-0.3, -0.25) is 9.59 Å². The summed E-state index contributed by atoms with van der Waals surface area (Å²) < 4.78 is 38.3. The lowest BCUT2D eigenvalue weighted by atomic mass is 10.0. The van der Waals surface area contributed by atoms with Crippen LogP contribution in [0.3, 0.4) is 0 Å². The monoisotopic (exact) mass is 487 g/mol. The summed E-state index contributed by atoms with van der Waals surface area (Å²) in [4.78, 5) is 25.9. The number of sulfonamides is 1. The van der Waals surface area contributed by atoms with Gasteiger partial charge >= 0.3 is 0 Å². The zero-order valence-electron chi connectivity index (χ0n) is 19.0. The molecule has 34 heavy (non-hydrogen) atoms. The van der Waals surface area contributed by atoms with Crippen LogP contribution in [0.15, 0.2) is 53.4 Å². The van der Waals surface area contributed by atoms with Gasteiger partial charge < -0.3 is 20.1 Å². The van der Waals surface area contributed by atoms with E-state index >= 15 is 0 Å². The van der Waals surface area contributed by atoms with E-state index in [-0.39, 0.29) is 41.2 Å². The van der Waals surface area contributed by atoms with Crippen molar-refractivity contribution in [3.63, 3.8) is 0 Å². The first-order valence-corrected chi connectivity index (χ1v) is 12.7. The second kappa shape index (κ2) is 10.5. The molecular formula is C24H29N3O6S. The molecule has 2 aliphatic rings. The fraction of sp³-hybridized carbons (Fsp3) is 0.417. The topological polar surface area (TPSA) is 114 Å². The predicted octanol–water partition coefficient (Wildman–Crippen LogP) is 1.34. The average molecular weight is 488 g/mol. The van der Waals surface area contributed by atoms with Gasteiger partial charge in [-0.1, -0.05) is 30.3 Å². The highest BCUT2D eigenvalue weighted by Crippen LogP contribution is 2.28. The van der Waals surface area contributed by atoms with Crippen molar-refractivity contribution in [2.24, 2.45) is 0 Å². The van der Waals surface area contributed by atoms with Gasteiger partial charge in [0.15, 0.2) is 0 Å². The molecule has 182 valence electrons. The molecule has 1 aliphatic carbocycles. The summed E-state index contributed by atoms with van der Waals surface area (Å²) in [5.41, 5.74) is 1.04. The number of morpholine rings is 1. The van der Waals surface area contributed by atoms with Gasteiger partial charge in [0, 0.05) is 31.1 Å². The van der Waals surface area contributed by atoms with Crippen LogP contribution in [0.5, 0.6) is 5.75 Å². The zero-order valence-corrected chi connectivity index (χ0v) is 19.8. The number of carbonyl (C=O) groups excluding carboxylic acids is 2. The number of rotatable bonds is 9. The van der Waals surface area contributed by atoms with E-state index in [1.165, 1.54) is 29.6 Å².